The summed E-state index contributed by atoms with van der Waals surface area (Å²) in [6.45, 7) is 19.8. The highest BCUT2D eigenvalue weighted by Gasteiger charge is 2.24. The van der Waals surface area contributed by atoms with Gasteiger partial charge in [-0.25, -0.2) is 5.48 Å². The van der Waals surface area contributed by atoms with Gasteiger partial charge >= 0.3 is 7.12 Å². The van der Waals surface area contributed by atoms with Crippen LogP contribution in [0.3, 0.4) is 0 Å². The number of allylic oxidation sites excluding steroid dienone is 3. The molecule has 1 aromatic carbocycles. The summed E-state index contributed by atoms with van der Waals surface area (Å²) in [6, 6.07) is 5.66. The first-order chi connectivity index (χ1) is 12.2. The standard InChI is InChI=1S/C14H16BNO3.3C2H6/c1-3-5-13(4-2)19-16-12-7-6-11-8-9-18-15(17)14(11)10-12;3*1-2/h3-7,10,16-17H,1-2,8-9H2;3*1-2H3/b13-5+;;;. The van der Waals surface area contributed by atoms with E-state index in [-0.39, 0.29) is 0 Å². The number of anilines is 1. The van der Waals surface area contributed by atoms with Gasteiger partial charge in [-0.05, 0) is 41.7 Å². The number of hydrogen-bond donors (Lipinski definition) is 2. The Morgan fingerprint density at radius 1 is 1.20 bits per heavy atom. The van der Waals surface area contributed by atoms with E-state index >= 15 is 0 Å². The monoisotopic (exact) mass is 347 g/mol. The quantitative estimate of drug-likeness (QED) is 0.353. The summed E-state index contributed by atoms with van der Waals surface area (Å²) in [5.74, 6) is 0.560. The van der Waals surface area contributed by atoms with Crippen LogP contribution in [-0.2, 0) is 15.9 Å². The molecule has 0 fully saturated rings. The number of hydrogen-bond acceptors (Lipinski definition) is 4. The molecule has 1 aliphatic rings. The van der Waals surface area contributed by atoms with Crippen molar-refractivity contribution in [2.75, 3.05) is 12.1 Å². The first kappa shape index (κ1) is 25.3. The average Bonchev–Trinajstić information content (AvgIpc) is 2.70. The molecule has 0 radical (unpaired) electrons. The second-order valence-electron chi connectivity index (χ2n) is 4.10. The molecule has 2 N–H and O–H groups in total. The van der Waals surface area contributed by atoms with E-state index in [9.17, 15) is 5.02 Å². The van der Waals surface area contributed by atoms with Crippen LogP contribution in [0, 0.1) is 0 Å². The fraction of sp³-hybridized carbons (Fsp3) is 0.400. The fourth-order valence-electron chi connectivity index (χ4n) is 1.86. The zero-order valence-electron chi connectivity index (χ0n) is 16.6. The largest absolute Gasteiger partial charge is 0.491 e. The maximum absolute atomic E-state index is 9.76. The third kappa shape index (κ3) is 9.18. The van der Waals surface area contributed by atoms with Crippen molar-refractivity contribution >= 4 is 18.3 Å². The lowest BCUT2D eigenvalue weighted by Gasteiger charge is -2.20. The van der Waals surface area contributed by atoms with Gasteiger partial charge in [0.2, 0.25) is 0 Å². The molecule has 4 nitrogen and oxygen atoms in total. The molecule has 0 aromatic heterocycles. The van der Waals surface area contributed by atoms with Crippen molar-refractivity contribution < 1.29 is 14.5 Å². The molecule has 5 heteroatoms. The van der Waals surface area contributed by atoms with Crippen molar-refractivity contribution in [3.63, 3.8) is 0 Å². The first-order valence-corrected chi connectivity index (χ1v) is 9.05. The Balaban J connectivity index is 0. The van der Waals surface area contributed by atoms with Crippen LogP contribution < -0.4 is 10.9 Å². The van der Waals surface area contributed by atoms with Crippen LogP contribution >= 0.6 is 0 Å². The van der Waals surface area contributed by atoms with Gasteiger partial charge in [0, 0.05) is 6.61 Å². The number of fused-ring (bicyclic) bond motifs is 1. The third-order valence-corrected chi connectivity index (χ3v) is 2.83. The Morgan fingerprint density at radius 3 is 2.40 bits per heavy atom. The summed E-state index contributed by atoms with van der Waals surface area (Å²) in [4.78, 5) is 5.34. The molecule has 0 unspecified atom stereocenters. The van der Waals surface area contributed by atoms with Gasteiger partial charge in [0.05, 0.1) is 5.69 Å². The lowest BCUT2D eigenvalue weighted by Crippen LogP contribution is -2.41. The summed E-state index contributed by atoms with van der Waals surface area (Å²) in [6.07, 6.45) is 5.69. The summed E-state index contributed by atoms with van der Waals surface area (Å²) in [7, 11) is -0.868. The van der Waals surface area contributed by atoms with E-state index in [1.54, 1.807) is 18.2 Å². The molecular formula is C20H34BNO3. The zero-order valence-corrected chi connectivity index (χ0v) is 16.6. The molecule has 25 heavy (non-hydrogen) atoms. The van der Waals surface area contributed by atoms with Crippen LogP contribution in [0.25, 0.3) is 0 Å². The van der Waals surface area contributed by atoms with Crippen molar-refractivity contribution in [3.8, 4) is 0 Å². The molecule has 1 aromatic rings. The van der Waals surface area contributed by atoms with E-state index in [2.05, 4.69) is 18.6 Å². The van der Waals surface area contributed by atoms with E-state index in [0.717, 1.165) is 23.1 Å². The lowest BCUT2D eigenvalue weighted by molar-refractivity contribution is 0.266. The smallest absolute Gasteiger partial charge is 0.423 e. The van der Waals surface area contributed by atoms with Crippen molar-refractivity contribution in [3.05, 3.63) is 60.9 Å². The van der Waals surface area contributed by atoms with Crippen molar-refractivity contribution in [2.45, 2.75) is 48.0 Å². The number of nitrogens with one attached hydrogen (secondary N) is 1. The Bertz CT molecular complexity index is 516. The highest BCUT2D eigenvalue weighted by molar-refractivity contribution is 6.61. The molecule has 0 bridgehead atoms. The van der Waals surface area contributed by atoms with Gasteiger partial charge in [-0.3, -0.25) is 0 Å². The summed E-state index contributed by atoms with van der Waals surface area (Å²) in [5, 5.41) is 9.76. The minimum absolute atomic E-state index is 0.542. The lowest BCUT2D eigenvalue weighted by atomic mass is 9.73. The van der Waals surface area contributed by atoms with Crippen LogP contribution in [0.15, 0.2) is 55.3 Å². The van der Waals surface area contributed by atoms with Crippen LogP contribution in [0.2, 0.25) is 0 Å². The Hall–Kier alpha value is -1.98. The fourth-order valence-corrected chi connectivity index (χ4v) is 1.86. The molecule has 1 heterocycles. The van der Waals surface area contributed by atoms with Gasteiger partial charge < -0.3 is 14.5 Å². The molecule has 0 aliphatic carbocycles. The predicted octanol–water partition coefficient (Wildman–Crippen LogP) is 4.62. The van der Waals surface area contributed by atoms with E-state index in [0.29, 0.717) is 12.4 Å². The zero-order chi connectivity index (χ0) is 19.7. The van der Waals surface area contributed by atoms with Gasteiger partial charge in [-0.15, -0.1) is 0 Å². The Kier molecular flexibility index (Phi) is 17.0. The number of rotatable bonds is 5. The summed E-state index contributed by atoms with van der Waals surface area (Å²) in [5.41, 5.74) is 5.40. The van der Waals surface area contributed by atoms with E-state index in [4.69, 9.17) is 9.49 Å². The van der Waals surface area contributed by atoms with Gasteiger partial charge in [0.1, 0.15) is 0 Å². The molecule has 0 saturated carbocycles. The van der Waals surface area contributed by atoms with Crippen LogP contribution in [-0.4, -0.2) is 18.7 Å². The van der Waals surface area contributed by atoms with E-state index < -0.39 is 7.12 Å². The molecule has 0 spiro atoms. The second-order valence-corrected chi connectivity index (χ2v) is 4.10. The molecule has 0 saturated heterocycles. The molecular weight excluding hydrogens is 313 g/mol. The molecule has 2 rings (SSSR count). The van der Waals surface area contributed by atoms with Crippen molar-refractivity contribution in [2.24, 2.45) is 0 Å². The number of benzene rings is 1. The van der Waals surface area contributed by atoms with Gasteiger partial charge in [0.15, 0.2) is 5.76 Å². The predicted molar refractivity (Wildman–Crippen MR) is 111 cm³/mol. The average molecular weight is 347 g/mol. The van der Waals surface area contributed by atoms with Crippen LogP contribution in [0.4, 0.5) is 5.69 Å². The van der Waals surface area contributed by atoms with Crippen molar-refractivity contribution in [1.29, 1.82) is 0 Å². The minimum Gasteiger partial charge on any atom is -0.423 e. The third-order valence-electron chi connectivity index (χ3n) is 2.83. The molecule has 1 aliphatic heterocycles. The molecule has 0 amide bonds. The van der Waals surface area contributed by atoms with Gasteiger partial charge in [-0.1, -0.05) is 66.8 Å². The summed E-state index contributed by atoms with van der Waals surface area (Å²) >= 11 is 0. The summed E-state index contributed by atoms with van der Waals surface area (Å²) < 4.78 is 5.19. The van der Waals surface area contributed by atoms with Gasteiger partial charge in [-0.2, -0.15) is 0 Å². The topological polar surface area (TPSA) is 50.7 Å². The molecule has 140 valence electrons. The highest BCUT2D eigenvalue weighted by atomic mass is 16.6. The SMILES string of the molecule is C=C/C=C(\C=C)ONc1ccc2c(c1)B(O)OCC2.CC.CC.CC. The van der Waals surface area contributed by atoms with E-state index in [1.807, 2.05) is 59.7 Å². The van der Waals surface area contributed by atoms with Crippen LogP contribution in [0.1, 0.15) is 47.1 Å². The normalized spacial score (nSPS) is 11.8. The molecule has 0 atom stereocenters. The van der Waals surface area contributed by atoms with Gasteiger partial charge in [0.25, 0.3) is 0 Å². The first-order valence-electron chi connectivity index (χ1n) is 9.05. The van der Waals surface area contributed by atoms with Crippen molar-refractivity contribution in [1.82, 2.24) is 0 Å². The van der Waals surface area contributed by atoms with E-state index in [1.165, 1.54) is 0 Å². The Labute approximate surface area is 154 Å². The maximum Gasteiger partial charge on any atom is 0.491 e. The minimum atomic E-state index is -0.868. The Morgan fingerprint density at radius 2 is 1.84 bits per heavy atom. The van der Waals surface area contributed by atoms with Crippen LogP contribution in [0.5, 0.6) is 0 Å². The highest BCUT2D eigenvalue weighted by Crippen LogP contribution is 2.13. The second kappa shape index (κ2) is 16.9. The maximum atomic E-state index is 9.76.